The van der Waals surface area contributed by atoms with Crippen molar-refractivity contribution in [3.63, 3.8) is 0 Å². The van der Waals surface area contributed by atoms with Gasteiger partial charge in [0.2, 0.25) is 0 Å². The zero-order chi connectivity index (χ0) is 24.2. The molecule has 1 saturated carbocycles. The van der Waals surface area contributed by atoms with Gasteiger partial charge in [-0.2, -0.15) is 0 Å². The van der Waals surface area contributed by atoms with Crippen LogP contribution in [0.5, 0.6) is 0 Å². The number of rotatable bonds is 24. The van der Waals surface area contributed by atoms with E-state index >= 15 is 0 Å². The average Bonchev–Trinajstić information content (AvgIpc) is 2.98. The maximum absolute atomic E-state index is 2.31. The fourth-order valence-corrected chi connectivity index (χ4v) is 6.22. The van der Waals surface area contributed by atoms with E-state index in [2.05, 4.69) is 6.92 Å². The minimum absolute atomic E-state index is 1.08. The molecule has 204 valence electrons. The summed E-state index contributed by atoms with van der Waals surface area (Å²) >= 11 is 0. The molecule has 0 N–H and O–H groups in total. The first-order valence-corrected chi connectivity index (χ1v) is 16.9. The largest absolute Gasteiger partial charge is 0.0654 e. The molecular weight excluding hydrogens is 408 g/mol. The first-order valence-electron chi connectivity index (χ1n) is 16.9. The molecule has 1 rings (SSSR count). The molecule has 0 bridgehead atoms. The van der Waals surface area contributed by atoms with Crippen LogP contribution in [0.25, 0.3) is 0 Å². The number of unbranched alkanes of at least 4 members (excludes halogenated alkanes) is 22. The first-order chi connectivity index (χ1) is 16.9. The predicted molar refractivity (Wildman–Crippen MR) is 157 cm³/mol. The zero-order valence-corrected chi connectivity index (χ0v) is 24.2. The molecule has 0 heteroatoms. The molecule has 1 aliphatic carbocycles. The molecule has 0 radical (unpaired) electrons. The molecule has 1 aliphatic rings. The molecule has 0 heterocycles. The minimum atomic E-state index is 1.08. The second kappa shape index (κ2) is 27.6. The Morgan fingerprint density at radius 2 is 0.588 bits per heavy atom. The number of hydrogen-bond acceptors (Lipinski definition) is 0. The molecule has 0 nitrogen and oxygen atoms in total. The molecule has 0 aromatic rings. The highest BCUT2D eigenvalue weighted by atomic mass is 14.2. The molecular formula is C34H68. The van der Waals surface area contributed by atoms with Gasteiger partial charge in [0, 0.05) is 0 Å². The van der Waals surface area contributed by atoms with Crippen LogP contribution in [-0.2, 0) is 0 Å². The summed E-state index contributed by atoms with van der Waals surface area (Å²) in [6.07, 6.45) is 47.9. The lowest BCUT2D eigenvalue weighted by molar-refractivity contribution is 0.381. The van der Waals surface area contributed by atoms with E-state index in [-0.39, 0.29) is 0 Å². The quantitative estimate of drug-likeness (QED) is 0.121. The molecule has 1 fully saturated rings. The Labute approximate surface area is 218 Å². The SMILES string of the molecule is CCCCCCCCCCCCCCCCCCCCCCCCCC1CCCCCCCC1. The highest BCUT2D eigenvalue weighted by molar-refractivity contribution is 4.63. The lowest BCUT2D eigenvalue weighted by Crippen LogP contribution is -2.00. The molecule has 0 spiro atoms. The summed E-state index contributed by atoms with van der Waals surface area (Å²) in [7, 11) is 0. The second-order valence-electron chi connectivity index (χ2n) is 12.1. The van der Waals surface area contributed by atoms with E-state index in [1.807, 2.05) is 0 Å². The highest BCUT2D eigenvalue weighted by Crippen LogP contribution is 2.26. The second-order valence-corrected chi connectivity index (χ2v) is 12.1. The van der Waals surface area contributed by atoms with Crippen LogP contribution in [-0.4, -0.2) is 0 Å². The van der Waals surface area contributed by atoms with Gasteiger partial charge in [-0.25, -0.2) is 0 Å². The minimum Gasteiger partial charge on any atom is -0.0654 e. The third kappa shape index (κ3) is 23.7. The van der Waals surface area contributed by atoms with Gasteiger partial charge in [-0.15, -0.1) is 0 Å². The normalized spacial score (nSPS) is 15.8. The first kappa shape index (κ1) is 32.0. The molecule has 0 unspecified atom stereocenters. The van der Waals surface area contributed by atoms with E-state index in [9.17, 15) is 0 Å². The third-order valence-corrected chi connectivity index (χ3v) is 8.69. The smallest absolute Gasteiger partial charge is 0.0414 e. The summed E-state index contributed by atoms with van der Waals surface area (Å²) < 4.78 is 0. The standard InChI is InChI=1S/C34H68/c1-2-3-4-5-6-7-8-9-10-11-12-13-14-15-16-17-18-19-20-21-22-25-28-31-34-32-29-26-23-24-27-30-33-34/h34H,2-33H2,1H3. The average molecular weight is 477 g/mol. The van der Waals surface area contributed by atoms with Crippen LogP contribution in [0.3, 0.4) is 0 Å². The summed E-state index contributed by atoms with van der Waals surface area (Å²) in [5.74, 6) is 1.08. The van der Waals surface area contributed by atoms with E-state index in [1.165, 1.54) is 186 Å². The van der Waals surface area contributed by atoms with Gasteiger partial charge in [0.15, 0.2) is 0 Å². The highest BCUT2D eigenvalue weighted by Gasteiger charge is 2.10. The zero-order valence-electron chi connectivity index (χ0n) is 24.2. The van der Waals surface area contributed by atoms with Crippen molar-refractivity contribution in [1.29, 1.82) is 0 Å². The van der Waals surface area contributed by atoms with E-state index in [4.69, 9.17) is 0 Å². The Kier molecular flexibility index (Phi) is 26.0. The van der Waals surface area contributed by atoms with Gasteiger partial charge in [0.05, 0.1) is 0 Å². The van der Waals surface area contributed by atoms with Gasteiger partial charge in [0.1, 0.15) is 0 Å². The fraction of sp³-hybridized carbons (Fsp3) is 1.00. The molecule has 0 aliphatic heterocycles. The van der Waals surface area contributed by atoms with Gasteiger partial charge in [-0.05, 0) is 5.92 Å². The fourth-order valence-electron chi connectivity index (χ4n) is 6.22. The summed E-state index contributed by atoms with van der Waals surface area (Å²) in [6, 6.07) is 0. The number of hydrogen-bond donors (Lipinski definition) is 0. The summed E-state index contributed by atoms with van der Waals surface area (Å²) in [5, 5.41) is 0. The molecule has 0 aromatic carbocycles. The van der Waals surface area contributed by atoms with E-state index in [0.717, 1.165) is 5.92 Å². The van der Waals surface area contributed by atoms with Crippen molar-refractivity contribution in [3.8, 4) is 0 Å². The Bertz CT molecular complexity index is 349. The van der Waals surface area contributed by atoms with Crippen LogP contribution >= 0.6 is 0 Å². The van der Waals surface area contributed by atoms with E-state index < -0.39 is 0 Å². The molecule has 0 saturated heterocycles. The topological polar surface area (TPSA) is 0 Å². The molecule has 0 amide bonds. The van der Waals surface area contributed by atoms with Gasteiger partial charge in [-0.3, -0.25) is 0 Å². The van der Waals surface area contributed by atoms with E-state index in [0.29, 0.717) is 0 Å². The van der Waals surface area contributed by atoms with Crippen molar-refractivity contribution in [2.24, 2.45) is 5.92 Å². The maximum atomic E-state index is 2.31. The van der Waals surface area contributed by atoms with Crippen molar-refractivity contribution in [2.45, 2.75) is 212 Å². The lowest BCUT2D eigenvalue weighted by atomic mass is 9.91. The van der Waals surface area contributed by atoms with Crippen LogP contribution in [0.4, 0.5) is 0 Å². The van der Waals surface area contributed by atoms with Crippen LogP contribution in [0, 0.1) is 5.92 Å². The van der Waals surface area contributed by atoms with Crippen molar-refractivity contribution < 1.29 is 0 Å². The summed E-state index contributed by atoms with van der Waals surface area (Å²) in [4.78, 5) is 0. The van der Waals surface area contributed by atoms with E-state index in [1.54, 1.807) is 19.3 Å². The van der Waals surface area contributed by atoms with Crippen molar-refractivity contribution in [1.82, 2.24) is 0 Å². The van der Waals surface area contributed by atoms with Crippen molar-refractivity contribution in [2.75, 3.05) is 0 Å². The Hall–Kier alpha value is 0. The summed E-state index contributed by atoms with van der Waals surface area (Å²) in [6.45, 7) is 2.31. The predicted octanol–water partition coefficient (Wildman–Crippen LogP) is 13.1. The molecule has 0 aromatic heterocycles. The lowest BCUT2D eigenvalue weighted by Gasteiger charge is -2.15. The van der Waals surface area contributed by atoms with Crippen molar-refractivity contribution in [3.05, 3.63) is 0 Å². The van der Waals surface area contributed by atoms with Gasteiger partial charge in [0.25, 0.3) is 0 Å². The van der Waals surface area contributed by atoms with Crippen LogP contribution in [0.2, 0.25) is 0 Å². The molecule has 0 atom stereocenters. The Balaban J connectivity index is 1.68. The van der Waals surface area contributed by atoms with Gasteiger partial charge < -0.3 is 0 Å². The van der Waals surface area contributed by atoms with Crippen LogP contribution in [0.15, 0.2) is 0 Å². The van der Waals surface area contributed by atoms with Gasteiger partial charge in [-0.1, -0.05) is 212 Å². The van der Waals surface area contributed by atoms with Crippen LogP contribution < -0.4 is 0 Å². The third-order valence-electron chi connectivity index (χ3n) is 8.69. The van der Waals surface area contributed by atoms with Gasteiger partial charge >= 0.3 is 0 Å². The monoisotopic (exact) mass is 477 g/mol. The molecule has 34 heavy (non-hydrogen) atoms. The van der Waals surface area contributed by atoms with Crippen LogP contribution in [0.1, 0.15) is 212 Å². The Morgan fingerprint density at radius 1 is 0.324 bits per heavy atom. The summed E-state index contributed by atoms with van der Waals surface area (Å²) in [5.41, 5.74) is 0. The maximum Gasteiger partial charge on any atom is -0.0414 e. The van der Waals surface area contributed by atoms with Crippen molar-refractivity contribution >= 4 is 0 Å². The Morgan fingerprint density at radius 3 is 0.912 bits per heavy atom.